The minimum Gasteiger partial charge on any atom is -0.467 e. The third-order valence-corrected chi connectivity index (χ3v) is 3.30. The second-order valence-electron chi connectivity index (χ2n) is 4.78. The van der Waals surface area contributed by atoms with Gasteiger partial charge in [0.25, 0.3) is 0 Å². The maximum absolute atomic E-state index is 12.2. The van der Waals surface area contributed by atoms with E-state index in [9.17, 15) is 4.79 Å². The molecule has 4 heteroatoms. The number of benzene rings is 1. The second kappa shape index (κ2) is 6.13. The number of amides is 1. The maximum atomic E-state index is 12.2. The van der Waals surface area contributed by atoms with Crippen molar-refractivity contribution in [2.24, 2.45) is 0 Å². The zero-order chi connectivity index (χ0) is 14.5. The normalized spacial score (nSPS) is 12.0. The first-order chi connectivity index (χ1) is 10.3. The summed E-state index contributed by atoms with van der Waals surface area (Å²) in [5, 5.41) is 2.90. The molecule has 3 aromatic rings. The topological polar surface area (TPSA) is 47.2 Å². The number of aromatic nitrogens is 1. The molecule has 1 amide bonds. The summed E-state index contributed by atoms with van der Waals surface area (Å²) in [7, 11) is 0. The van der Waals surface area contributed by atoms with Crippen LogP contribution in [0, 0.1) is 0 Å². The second-order valence-corrected chi connectivity index (χ2v) is 4.78. The highest BCUT2D eigenvalue weighted by atomic mass is 16.3. The highest BCUT2D eigenvalue weighted by Crippen LogP contribution is 2.23. The molecule has 1 atom stereocenters. The largest absolute Gasteiger partial charge is 0.467 e. The molecule has 0 fully saturated rings. The van der Waals surface area contributed by atoms with E-state index in [-0.39, 0.29) is 11.9 Å². The van der Waals surface area contributed by atoms with Crippen molar-refractivity contribution in [3.8, 4) is 0 Å². The zero-order valence-corrected chi connectivity index (χ0v) is 11.5. The van der Waals surface area contributed by atoms with Crippen LogP contribution in [0.25, 0.3) is 0 Å². The Hall–Kier alpha value is -2.75. The number of furan rings is 1. The molecular formula is C17H16N2O2. The van der Waals surface area contributed by atoms with Gasteiger partial charge in [-0.25, -0.2) is 0 Å². The first-order valence-corrected chi connectivity index (χ1v) is 6.84. The van der Waals surface area contributed by atoms with Crippen molar-refractivity contribution in [1.82, 2.24) is 4.57 Å². The van der Waals surface area contributed by atoms with E-state index in [2.05, 4.69) is 5.32 Å². The van der Waals surface area contributed by atoms with Gasteiger partial charge in [-0.15, -0.1) is 0 Å². The Morgan fingerprint density at radius 2 is 1.81 bits per heavy atom. The molecule has 21 heavy (non-hydrogen) atoms. The number of nitrogens with one attached hydrogen (secondary N) is 1. The van der Waals surface area contributed by atoms with E-state index in [0.29, 0.717) is 6.42 Å². The van der Waals surface area contributed by atoms with Crippen LogP contribution < -0.4 is 5.32 Å². The summed E-state index contributed by atoms with van der Waals surface area (Å²) in [6.45, 7) is 0. The van der Waals surface area contributed by atoms with Gasteiger partial charge in [0.1, 0.15) is 5.76 Å². The Labute approximate surface area is 123 Å². The van der Waals surface area contributed by atoms with Gasteiger partial charge >= 0.3 is 0 Å². The monoisotopic (exact) mass is 280 g/mol. The molecule has 1 N–H and O–H groups in total. The summed E-state index contributed by atoms with van der Waals surface area (Å²) < 4.78 is 7.45. The minimum atomic E-state index is -0.140. The summed E-state index contributed by atoms with van der Waals surface area (Å²) in [4.78, 5) is 12.2. The lowest BCUT2D eigenvalue weighted by Gasteiger charge is -2.16. The molecule has 106 valence electrons. The van der Waals surface area contributed by atoms with Gasteiger partial charge in [0.15, 0.2) is 0 Å². The van der Waals surface area contributed by atoms with Gasteiger partial charge in [-0.2, -0.15) is 0 Å². The Kier molecular flexibility index (Phi) is 3.87. The van der Waals surface area contributed by atoms with Crippen molar-refractivity contribution >= 4 is 11.6 Å². The SMILES string of the molecule is O=C(C[C@H](c1ccco1)n1cccc1)Nc1ccccc1. The van der Waals surface area contributed by atoms with E-state index in [1.54, 1.807) is 6.26 Å². The van der Waals surface area contributed by atoms with E-state index in [0.717, 1.165) is 11.4 Å². The number of nitrogens with zero attached hydrogens (tertiary/aromatic N) is 1. The molecule has 0 unspecified atom stereocenters. The van der Waals surface area contributed by atoms with Crippen molar-refractivity contribution < 1.29 is 9.21 Å². The third kappa shape index (κ3) is 3.23. The summed E-state index contributed by atoms with van der Waals surface area (Å²) in [5.41, 5.74) is 0.799. The molecule has 0 aliphatic heterocycles. The van der Waals surface area contributed by atoms with E-state index < -0.39 is 0 Å². The van der Waals surface area contributed by atoms with Crippen LogP contribution in [0.5, 0.6) is 0 Å². The molecular weight excluding hydrogens is 264 g/mol. The smallest absolute Gasteiger partial charge is 0.226 e. The molecule has 0 saturated heterocycles. The fourth-order valence-electron chi connectivity index (χ4n) is 2.30. The summed E-state index contributed by atoms with van der Waals surface area (Å²) in [5.74, 6) is 0.728. The molecule has 0 saturated carbocycles. The first-order valence-electron chi connectivity index (χ1n) is 6.84. The molecule has 2 aromatic heterocycles. The highest BCUT2D eigenvalue weighted by molar-refractivity contribution is 5.91. The van der Waals surface area contributed by atoms with Gasteiger partial charge in [-0.05, 0) is 36.4 Å². The molecule has 0 spiro atoms. The van der Waals surface area contributed by atoms with Crippen LogP contribution in [0.3, 0.4) is 0 Å². The number of carbonyl (C=O) groups is 1. The van der Waals surface area contributed by atoms with Crippen LogP contribution in [0.2, 0.25) is 0 Å². The van der Waals surface area contributed by atoms with Crippen molar-refractivity contribution in [3.63, 3.8) is 0 Å². The van der Waals surface area contributed by atoms with Gasteiger partial charge in [0.05, 0.1) is 18.7 Å². The average molecular weight is 280 g/mol. The first kappa shape index (κ1) is 13.2. The van der Waals surface area contributed by atoms with Gasteiger partial charge in [-0.1, -0.05) is 18.2 Å². The summed E-state index contributed by atoms with van der Waals surface area (Å²) >= 11 is 0. The molecule has 1 aromatic carbocycles. The van der Waals surface area contributed by atoms with Crippen LogP contribution in [-0.4, -0.2) is 10.5 Å². The Morgan fingerprint density at radius 3 is 2.48 bits per heavy atom. The number of hydrogen-bond donors (Lipinski definition) is 1. The fourth-order valence-corrected chi connectivity index (χ4v) is 2.30. The molecule has 3 rings (SSSR count). The molecule has 2 heterocycles. The molecule has 0 aliphatic carbocycles. The zero-order valence-electron chi connectivity index (χ0n) is 11.5. The van der Waals surface area contributed by atoms with Crippen LogP contribution in [-0.2, 0) is 4.79 Å². The van der Waals surface area contributed by atoms with Gasteiger partial charge in [0.2, 0.25) is 5.91 Å². The third-order valence-electron chi connectivity index (χ3n) is 3.30. The van der Waals surface area contributed by atoms with Gasteiger partial charge in [0, 0.05) is 18.1 Å². The average Bonchev–Trinajstić information content (AvgIpc) is 3.19. The minimum absolute atomic E-state index is 0.0451. The lowest BCUT2D eigenvalue weighted by Crippen LogP contribution is -2.19. The standard InChI is InChI=1S/C17H16N2O2/c20-17(18-14-7-2-1-3-8-14)13-15(16-9-6-12-21-16)19-10-4-5-11-19/h1-12,15H,13H2,(H,18,20)/t15-/m1/s1. The summed E-state index contributed by atoms with van der Waals surface area (Å²) in [6, 6.07) is 16.9. The number of carbonyl (C=O) groups excluding carboxylic acids is 1. The van der Waals surface area contributed by atoms with E-state index in [1.807, 2.05) is 71.6 Å². The Morgan fingerprint density at radius 1 is 1.05 bits per heavy atom. The van der Waals surface area contributed by atoms with E-state index in [1.165, 1.54) is 0 Å². The lowest BCUT2D eigenvalue weighted by atomic mass is 10.1. The molecule has 4 nitrogen and oxygen atoms in total. The molecule has 0 aliphatic rings. The van der Waals surface area contributed by atoms with E-state index in [4.69, 9.17) is 4.42 Å². The van der Waals surface area contributed by atoms with Crippen molar-refractivity contribution in [1.29, 1.82) is 0 Å². The van der Waals surface area contributed by atoms with Crippen LogP contribution in [0.1, 0.15) is 18.2 Å². The molecule has 0 bridgehead atoms. The lowest BCUT2D eigenvalue weighted by molar-refractivity contribution is -0.116. The number of rotatable bonds is 5. The summed E-state index contributed by atoms with van der Waals surface area (Å²) in [6.07, 6.45) is 5.81. The Balaban J connectivity index is 1.75. The van der Waals surface area contributed by atoms with Crippen LogP contribution in [0.4, 0.5) is 5.69 Å². The van der Waals surface area contributed by atoms with Crippen molar-refractivity contribution in [2.75, 3.05) is 5.32 Å². The van der Waals surface area contributed by atoms with Crippen LogP contribution in [0.15, 0.2) is 77.7 Å². The Bertz CT molecular complexity index is 639. The maximum Gasteiger partial charge on any atom is 0.226 e. The highest BCUT2D eigenvalue weighted by Gasteiger charge is 2.19. The van der Waals surface area contributed by atoms with Gasteiger partial charge in [-0.3, -0.25) is 4.79 Å². The van der Waals surface area contributed by atoms with Crippen molar-refractivity contribution in [2.45, 2.75) is 12.5 Å². The number of hydrogen-bond acceptors (Lipinski definition) is 2. The fraction of sp³-hybridized carbons (Fsp3) is 0.118. The number of anilines is 1. The molecule has 0 radical (unpaired) electrons. The van der Waals surface area contributed by atoms with E-state index >= 15 is 0 Å². The van der Waals surface area contributed by atoms with Gasteiger partial charge < -0.3 is 14.3 Å². The predicted octanol–water partition coefficient (Wildman–Crippen LogP) is 3.70. The predicted molar refractivity (Wildman–Crippen MR) is 81.0 cm³/mol. The quantitative estimate of drug-likeness (QED) is 0.774. The van der Waals surface area contributed by atoms with Crippen LogP contribution >= 0.6 is 0 Å². The van der Waals surface area contributed by atoms with Crippen molar-refractivity contribution in [3.05, 3.63) is 79.0 Å². The number of para-hydroxylation sites is 1.